The highest BCUT2D eigenvalue weighted by atomic mass is 16.2. The molecule has 0 saturated carbocycles. The van der Waals surface area contributed by atoms with Crippen molar-refractivity contribution < 1.29 is 4.79 Å². The summed E-state index contributed by atoms with van der Waals surface area (Å²) in [4.78, 5) is 37.2. The zero-order chi connectivity index (χ0) is 18.1. The molecule has 8 nitrogen and oxygen atoms in total. The van der Waals surface area contributed by atoms with Gasteiger partial charge in [-0.25, -0.2) is 14.3 Å². The summed E-state index contributed by atoms with van der Waals surface area (Å²) in [6, 6.07) is 4.70. The average molecular weight is 341 g/mol. The van der Waals surface area contributed by atoms with Crippen LogP contribution in [0, 0.1) is 0 Å². The summed E-state index contributed by atoms with van der Waals surface area (Å²) in [5.74, 6) is -0.0712. The van der Waals surface area contributed by atoms with Crippen molar-refractivity contribution in [3.63, 3.8) is 0 Å². The molecule has 0 spiro atoms. The molecule has 0 saturated heterocycles. The van der Waals surface area contributed by atoms with E-state index in [1.165, 1.54) is 15.0 Å². The number of nitrogens with zero attached hydrogens (tertiary/aromatic N) is 3. The second kappa shape index (κ2) is 6.39. The molecule has 0 aliphatic rings. The number of hydrogen-bond donors (Lipinski definition) is 2. The van der Waals surface area contributed by atoms with Crippen molar-refractivity contribution in [2.75, 3.05) is 0 Å². The van der Waals surface area contributed by atoms with Gasteiger partial charge in [0.25, 0.3) is 11.5 Å². The van der Waals surface area contributed by atoms with Gasteiger partial charge in [-0.3, -0.25) is 14.2 Å². The number of rotatable bonds is 5. The van der Waals surface area contributed by atoms with Gasteiger partial charge in [0.1, 0.15) is 0 Å². The zero-order valence-corrected chi connectivity index (χ0v) is 14.1. The Morgan fingerprint density at radius 3 is 2.88 bits per heavy atom. The maximum Gasteiger partial charge on any atom is 0.349 e. The number of nitrogens with one attached hydrogen (secondary N) is 2. The molecule has 2 N–H and O–H groups in total. The monoisotopic (exact) mass is 341 g/mol. The predicted octanol–water partition coefficient (Wildman–Crippen LogP) is 1.05. The van der Waals surface area contributed by atoms with Gasteiger partial charge in [-0.1, -0.05) is 13.0 Å². The number of amides is 1. The van der Waals surface area contributed by atoms with E-state index in [-0.39, 0.29) is 29.8 Å². The fourth-order valence-corrected chi connectivity index (χ4v) is 2.66. The highest BCUT2D eigenvalue weighted by molar-refractivity contribution is 5.98. The van der Waals surface area contributed by atoms with Crippen LogP contribution >= 0.6 is 0 Å². The molecule has 2 heterocycles. The molecule has 1 unspecified atom stereocenters. The molecule has 2 aromatic heterocycles. The van der Waals surface area contributed by atoms with E-state index in [4.69, 9.17) is 0 Å². The molecule has 130 valence electrons. The summed E-state index contributed by atoms with van der Waals surface area (Å²) in [6.45, 7) is 7.73. The number of carbonyl (C=O) groups excluding carboxylic acids is 1. The van der Waals surface area contributed by atoms with Crippen LogP contribution in [-0.4, -0.2) is 31.1 Å². The molecule has 0 bridgehead atoms. The topological polar surface area (TPSA) is 101 Å². The molecule has 3 rings (SSSR count). The van der Waals surface area contributed by atoms with Crippen molar-refractivity contribution in [3.05, 3.63) is 57.3 Å². The van der Waals surface area contributed by atoms with E-state index in [9.17, 15) is 14.4 Å². The minimum Gasteiger partial charge on any atom is -0.350 e. The largest absolute Gasteiger partial charge is 0.350 e. The van der Waals surface area contributed by atoms with Gasteiger partial charge < -0.3 is 5.32 Å². The lowest BCUT2D eigenvalue weighted by atomic mass is 10.1. The quantitative estimate of drug-likeness (QED) is 0.677. The van der Waals surface area contributed by atoms with Gasteiger partial charge in [-0.05, 0) is 31.5 Å². The number of hydrogen-bond acceptors (Lipinski definition) is 4. The van der Waals surface area contributed by atoms with E-state index in [0.29, 0.717) is 16.5 Å². The van der Waals surface area contributed by atoms with E-state index in [0.717, 1.165) is 6.42 Å². The van der Waals surface area contributed by atoms with Crippen molar-refractivity contribution in [2.24, 2.45) is 0 Å². The van der Waals surface area contributed by atoms with Gasteiger partial charge in [-0.15, -0.1) is 11.7 Å². The van der Waals surface area contributed by atoms with Gasteiger partial charge in [0, 0.05) is 18.2 Å². The maximum absolute atomic E-state index is 12.7. The number of benzene rings is 1. The first-order valence-electron chi connectivity index (χ1n) is 8.03. The van der Waals surface area contributed by atoms with Crippen molar-refractivity contribution in [1.82, 2.24) is 24.5 Å². The van der Waals surface area contributed by atoms with Crippen molar-refractivity contribution in [2.45, 2.75) is 32.9 Å². The molecule has 0 fully saturated rings. The first-order valence-corrected chi connectivity index (χ1v) is 8.03. The fourth-order valence-electron chi connectivity index (χ4n) is 2.66. The third kappa shape index (κ3) is 2.75. The van der Waals surface area contributed by atoms with Gasteiger partial charge in [0.2, 0.25) is 5.78 Å². The Labute approximate surface area is 142 Å². The van der Waals surface area contributed by atoms with E-state index >= 15 is 0 Å². The van der Waals surface area contributed by atoms with E-state index < -0.39 is 5.69 Å². The fraction of sp³-hybridized carbons (Fsp3) is 0.294. The average Bonchev–Trinajstić information content (AvgIpc) is 2.99. The molecule has 8 heteroatoms. The molecule has 0 aliphatic carbocycles. The standard InChI is InChI=1S/C17H19N5O3/c1-4-8-21-15(24)12-7-6-11(14(23)18-10(3)5-2)9-13(12)22-16(21)19-20-17(22)25/h4,6-7,9-10H,1,5,8H2,2-3H3,(H,18,23)(H,20,25). The minimum absolute atomic E-state index is 0.0282. The van der Waals surface area contributed by atoms with Crippen molar-refractivity contribution in [1.29, 1.82) is 0 Å². The van der Waals surface area contributed by atoms with E-state index in [1.807, 2.05) is 13.8 Å². The van der Waals surface area contributed by atoms with E-state index in [2.05, 4.69) is 22.1 Å². The van der Waals surface area contributed by atoms with Gasteiger partial charge >= 0.3 is 5.69 Å². The lowest BCUT2D eigenvalue weighted by Crippen LogP contribution is -2.32. The molecule has 3 aromatic rings. The molecule has 0 aliphatic heterocycles. The van der Waals surface area contributed by atoms with Crippen LogP contribution in [0.3, 0.4) is 0 Å². The molecular formula is C17H19N5O3. The SMILES string of the molecule is C=CCn1c(=O)c2ccc(C(=O)NC(C)CC)cc2n2c(=O)[nH]nc12. The maximum atomic E-state index is 12.7. The summed E-state index contributed by atoms with van der Waals surface area (Å²) < 4.78 is 2.65. The normalized spacial score (nSPS) is 12.4. The van der Waals surface area contributed by atoms with Gasteiger partial charge in [-0.2, -0.15) is 0 Å². The highest BCUT2D eigenvalue weighted by Crippen LogP contribution is 2.14. The molecule has 0 radical (unpaired) electrons. The lowest BCUT2D eigenvalue weighted by molar-refractivity contribution is 0.0939. The Morgan fingerprint density at radius 2 is 2.20 bits per heavy atom. The number of H-pyrrole nitrogens is 1. The van der Waals surface area contributed by atoms with Crippen LogP contribution in [0.4, 0.5) is 0 Å². The van der Waals surface area contributed by atoms with Crippen molar-refractivity contribution >= 4 is 22.6 Å². The van der Waals surface area contributed by atoms with Crippen molar-refractivity contribution in [3.8, 4) is 0 Å². The molecular weight excluding hydrogens is 322 g/mol. The summed E-state index contributed by atoms with van der Waals surface area (Å²) in [5, 5.41) is 9.47. The van der Waals surface area contributed by atoms with Crippen LogP contribution in [0.25, 0.3) is 16.7 Å². The molecule has 1 atom stereocenters. The number of carbonyl (C=O) groups is 1. The van der Waals surface area contributed by atoms with Crippen LogP contribution < -0.4 is 16.6 Å². The number of aromatic nitrogens is 4. The Kier molecular flexibility index (Phi) is 4.26. The molecule has 1 aromatic carbocycles. The van der Waals surface area contributed by atoms with Crippen LogP contribution in [0.5, 0.6) is 0 Å². The predicted molar refractivity (Wildman–Crippen MR) is 95.0 cm³/mol. The summed E-state index contributed by atoms with van der Waals surface area (Å²) >= 11 is 0. The summed E-state index contributed by atoms with van der Waals surface area (Å²) in [7, 11) is 0. The third-order valence-electron chi connectivity index (χ3n) is 4.17. The Morgan fingerprint density at radius 1 is 1.44 bits per heavy atom. The van der Waals surface area contributed by atoms with Crippen LogP contribution in [0.15, 0.2) is 40.4 Å². The first-order chi connectivity index (χ1) is 12.0. The molecule has 1 amide bonds. The summed E-state index contributed by atoms with van der Waals surface area (Å²) in [5.41, 5.74) is -0.0495. The highest BCUT2D eigenvalue weighted by Gasteiger charge is 2.16. The first kappa shape index (κ1) is 16.7. The van der Waals surface area contributed by atoms with Crippen LogP contribution in [-0.2, 0) is 6.54 Å². The second-order valence-electron chi connectivity index (χ2n) is 5.88. The third-order valence-corrected chi connectivity index (χ3v) is 4.17. The zero-order valence-electron chi connectivity index (χ0n) is 14.1. The van der Waals surface area contributed by atoms with Crippen LogP contribution in [0.1, 0.15) is 30.6 Å². The molecule has 25 heavy (non-hydrogen) atoms. The number of allylic oxidation sites excluding steroid dienone is 1. The second-order valence-corrected chi connectivity index (χ2v) is 5.88. The van der Waals surface area contributed by atoms with Crippen LogP contribution in [0.2, 0.25) is 0 Å². The Bertz CT molecular complexity index is 1090. The van der Waals surface area contributed by atoms with E-state index in [1.54, 1.807) is 18.2 Å². The van der Waals surface area contributed by atoms with Gasteiger partial charge in [0.15, 0.2) is 0 Å². The number of fused-ring (bicyclic) bond motifs is 3. The summed E-state index contributed by atoms with van der Waals surface area (Å²) in [6.07, 6.45) is 2.36. The lowest BCUT2D eigenvalue weighted by Gasteiger charge is -2.12. The smallest absolute Gasteiger partial charge is 0.349 e. The number of aromatic amines is 1. The Balaban J connectivity index is 2.28. The Hall–Kier alpha value is -3.16. The van der Waals surface area contributed by atoms with Gasteiger partial charge in [0.05, 0.1) is 10.9 Å². The minimum atomic E-state index is -0.475.